The first-order valence-corrected chi connectivity index (χ1v) is 13.1. The number of carbonyl (C=O) groups is 5. The number of cyclic esters (lactones) is 2. The van der Waals surface area contributed by atoms with E-state index >= 15 is 0 Å². The average Bonchev–Trinajstić information content (AvgIpc) is 2.92. The smallest absolute Gasteiger partial charge is 0.419 e. The molecule has 1 aliphatic rings. The van der Waals surface area contributed by atoms with Gasteiger partial charge < -0.3 is 44.3 Å². The molecule has 19 heteroatoms. The molecule has 2 heterocycles. The number of alkyl halides is 3. The van der Waals surface area contributed by atoms with Crippen molar-refractivity contribution in [2.75, 3.05) is 78.4 Å². The van der Waals surface area contributed by atoms with Crippen LogP contribution >= 0.6 is 0 Å². The average molecular weight is 644 g/mol. The molecule has 1 amide bonds. The molecule has 0 atom stereocenters. The summed E-state index contributed by atoms with van der Waals surface area (Å²) < 4.78 is 57.3. The number of nitrogens with zero attached hydrogens (tertiary/aromatic N) is 3. The molecule has 2 N–H and O–H groups in total. The normalized spacial score (nSPS) is 14.1. The van der Waals surface area contributed by atoms with Crippen molar-refractivity contribution in [3.8, 4) is 11.5 Å². The number of aliphatic carboxylic acids is 2. The number of rotatable bonds is 15. The van der Waals surface area contributed by atoms with Gasteiger partial charge in [0, 0.05) is 50.7 Å². The second kappa shape index (κ2) is 14.8. The van der Waals surface area contributed by atoms with Gasteiger partial charge in [0.15, 0.2) is 11.5 Å². The number of nitrogens with one attached hydrogen (secondary N) is 2. The maximum atomic E-state index is 14.2. The largest absolute Gasteiger partial charge is 0.549 e. The molecule has 0 saturated carbocycles. The number of fused-ring (bicyclic) bond motifs is 1. The molecule has 1 aliphatic heterocycles. The highest BCUT2D eigenvalue weighted by Crippen LogP contribution is 2.41. The van der Waals surface area contributed by atoms with Gasteiger partial charge in [0.2, 0.25) is 5.91 Å². The minimum absolute atomic E-state index is 0.0307. The van der Waals surface area contributed by atoms with Crippen LogP contribution in [0, 0.1) is 0 Å². The minimum atomic E-state index is -5.14. The predicted octanol–water partition coefficient (Wildman–Crippen LogP) is -3.01. The second-order valence-electron chi connectivity index (χ2n) is 9.79. The van der Waals surface area contributed by atoms with Crippen LogP contribution in [0.1, 0.15) is 5.56 Å². The van der Waals surface area contributed by atoms with Crippen LogP contribution in [0.25, 0.3) is 10.9 Å². The van der Waals surface area contributed by atoms with Gasteiger partial charge in [0.05, 0.1) is 56.9 Å². The number of anilines is 1. The van der Waals surface area contributed by atoms with Gasteiger partial charge in [-0.3, -0.25) is 33.9 Å². The number of ether oxygens (including phenoxy) is 3. The SMILES string of the molecule is COc1cc2[nH]c(=O)c(NC(=O)CN(CCN(CCN3CC(=O)OC(=O)C3)CC(=O)[O-])CC(=O)[O-])c(C(F)(F)F)c2cc1OC. The van der Waals surface area contributed by atoms with Gasteiger partial charge in [-0.25, -0.2) is 0 Å². The number of benzene rings is 1. The molecule has 1 saturated heterocycles. The maximum absolute atomic E-state index is 14.2. The second-order valence-corrected chi connectivity index (χ2v) is 9.79. The van der Waals surface area contributed by atoms with Crippen LogP contribution in [0.2, 0.25) is 0 Å². The van der Waals surface area contributed by atoms with Crippen LogP contribution in [0.5, 0.6) is 11.5 Å². The minimum Gasteiger partial charge on any atom is -0.549 e. The standard InChI is InChI=1S/C26H30F3N5O11/c1-43-16-7-14-15(8-17(16)44-2)30-25(42)24(23(14)26(27,28)29)31-18(35)9-33(11-20(38)39)5-3-32(10-19(36)37)4-6-34-12-21(40)45-22(41)13-34/h7-8H,3-6,9-13H2,1-2H3,(H,30,42)(H,31,35)(H,36,37)(H,38,39)/p-2. The number of pyridine rings is 1. The van der Waals surface area contributed by atoms with Gasteiger partial charge in [-0.15, -0.1) is 0 Å². The molecule has 0 bridgehead atoms. The van der Waals surface area contributed by atoms with E-state index in [1.165, 1.54) is 24.0 Å². The molecule has 1 aromatic carbocycles. The molecule has 45 heavy (non-hydrogen) atoms. The molecule has 1 fully saturated rings. The van der Waals surface area contributed by atoms with Crippen molar-refractivity contribution >= 4 is 46.4 Å². The Bertz CT molecular complexity index is 1510. The number of H-pyrrole nitrogens is 1. The fourth-order valence-electron chi connectivity index (χ4n) is 4.60. The summed E-state index contributed by atoms with van der Waals surface area (Å²) in [6.07, 6.45) is -5.14. The highest BCUT2D eigenvalue weighted by molar-refractivity contribution is 5.97. The van der Waals surface area contributed by atoms with Crippen LogP contribution in [-0.2, 0) is 34.9 Å². The monoisotopic (exact) mass is 643 g/mol. The number of carboxylic acid groups (broad SMARTS) is 2. The predicted molar refractivity (Wildman–Crippen MR) is 142 cm³/mol. The fourth-order valence-corrected chi connectivity index (χ4v) is 4.60. The van der Waals surface area contributed by atoms with Gasteiger partial charge in [0.1, 0.15) is 5.69 Å². The number of hydrogen-bond acceptors (Lipinski definition) is 14. The molecule has 246 valence electrons. The first-order chi connectivity index (χ1) is 21.1. The van der Waals surface area contributed by atoms with Crippen molar-refractivity contribution in [1.29, 1.82) is 0 Å². The molecule has 2 aromatic rings. The number of carbonyl (C=O) groups excluding carboxylic acids is 5. The summed E-state index contributed by atoms with van der Waals surface area (Å²) in [6.45, 7) is -3.29. The molecule has 0 unspecified atom stereocenters. The summed E-state index contributed by atoms with van der Waals surface area (Å²) >= 11 is 0. The number of aromatic nitrogens is 1. The quantitative estimate of drug-likeness (QED) is 0.146. The Morgan fingerprint density at radius 1 is 0.933 bits per heavy atom. The van der Waals surface area contributed by atoms with Gasteiger partial charge in [-0.1, -0.05) is 0 Å². The van der Waals surface area contributed by atoms with E-state index in [4.69, 9.17) is 9.47 Å². The lowest BCUT2D eigenvalue weighted by Gasteiger charge is -2.30. The number of hydrogen-bond donors (Lipinski definition) is 2. The highest BCUT2D eigenvalue weighted by Gasteiger charge is 2.38. The number of amides is 1. The van der Waals surface area contributed by atoms with Gasteiger partial charge in [0.25, 0.3) is 5.56 Å². The zero-order valence-corrected chi connectivity index (χ0v) is 24.0. The maximum Gasteiger partial charge on any atom is 0.419 e. The molecule has 0 aliphatic carbocycles. The van der Waals surface area contributed by atoms with Crippen molar-refractivity contribution in [2.45, 2.75) is 6.18 Å². The van der Waals surface area contributed by atoms with Gasteiger partial charge in [-0.2, -0.15) is 13.2 Å². The summed E-state index contributed by atoms with van der Waals surface area (Å²) in [6, 6.07) is 2.09. The third kappa shape index (κ3) is 9.62. The van der Waals surface area contributed by atoms with E-state index in [1.807, 2.05) is 5.32 Å². The summed E-state index contributed by atoms with van der Waals surface area (Å²) in [5.74, 6) is -5.99. The number of aromatic amines is 1. The van der Waals surface area contributed by atoms with Crippen LogP contribution in [0.15, 0.2) is 16.9 Å². The van der Waals surface area contributed by atoms with Crippen LogP contribution in [0.3, 0.4) is 0 Å². The third-order valence-corrected chi connectivity index (χ3v) is 6.54. The number of esters is 2. The first-order valence-electron chi connectivity index (χ1n) is 13.1. The fraction of sp³-hybridized carbons (Fsp3) is 0.462. The van der Waals surface area contributed by atoms with E-state index in [2.05, 4.69) is 9.72 Å². The van der Waals surface area contributed by atoms with E-state index in [0.717, 1.165) is 17.0 Å². The lowest BCUT2D eigenvalue weighted by atomic mass is 10.1. The number of methoxy groups -OCH3 is 2. The highest BCUT2D eigenvalue weighted by atomic mass is 19.4. The van der Waals surface area contributed by atoms with Crippen molar-refractivity contribution in [1.82, 2.24) is 19.7 Å². The lowest BCUT2D eigenvalue weighted by Crippen LogP contribution is -2.50. The van der Waals surface area contributed by atoms with Crippen LogP contribution in [0.4, 0.5) is 18.9 Å². The molecule has 1 aromatic heterocycles. The summed E-state index contributed by atoms with van der Waals surface area (Å²) in [5, 5.41) is 24.0. The van der Waals surface area contributed by atoms with Crippen molar-refractivity contribution in [3.05, 3.63) is 28.0 Å². The van der Waals surface area contributed by atoms with Crippen LogP contribution < -0.4 is 30.6 Å². The number of carboxylic acids is 2. The number of halogens is 3. The number of morpholine rings is 1. The van der Waals surface area contributed by atoms with E-state index in [1.54, 1.807) is 0 Å². The van der Waals surface area contributed by atoms with Gasteiger partial charge in [-0.05, 0) is 6.07 Å². The zero-order chi connectivity index (χ0) is 33.5. The topological polar surface area (TPSA) is 214 Å². The summed E-state index contributed by atoms with van der Waals surface area (Å²) in [5.41, 5.74) is -4.20. The zero-order valence-electron chi connectivity index (χ0n) is 24.0. The van der Waals surface area contributed by atoms with E-state index < -0.39 is 77.8 Å². The van der Waals surface area contributed by atoms with Crippen molar-refractivity contribution < 1.29 is 61.6 Å². The molecular weight excluding hydrogens is 615 g/mol. The van der Waals surface area contributed by atoms with E-state index in [0.29, 0.717) is 0 Å². The van der Waals surface area contributed by atoms with Gasteiger partial charge >= 0.3 is 18.1 Å². The Hall–Kier alpha value is -4.75. The van der Waals surface area contributed by atoms with Crippen LogP contribution in [-0.4, -0.2) is 123 Å². The Balaban J connectivity index is 1.80. The summed E-state index contributed by atoms with van der Waals surface area (Å²) in [7, 11) is 2.43. The van der Waals surface area contributed by atoms with Crippen molar-refractivity contribution in [2.24, 2.45) is 0 Å². The molecule has 16 nitrogen and oxygen atoms in total. The summed E-state index contributed by atoms with van der Waals surface area (Å²) in [4.78, 5) is 77.0. The van der Waals surface area contributed by atoms with E-state index in [9.17, 15) is 52.2 Å². The van der Waals surface area contributed by atoms with Crippen molar-refractivity contribution in [3.63, 3.8) is 0 Å². The molecule has 0 radical (unpaired) electrons. The molecule has 3 rings (SSSR count). The Labute approximate surface area is 252 Å². The Morgan fingerprint density at radius 3 is 2.04 bits per heavy atom. The first kappa shape index (κ1) is 34.7. The lowest BCUT2D eigenvalue weighted by molar-refractivity contribution is -0.308. The molecular formula is C26H28F3N5O11-2. The third-order valence-electron chi connectivity index (χ3n) is 6.54. The Morgan fingerprint density at radius 2 is 1.49 bits per heavy atom. The van der Waals surface area contributed by atoms with E-state index in [-0.39, 0.29) is 56.3 Å². The Kier molecular flexibility index (Phi) is 11.4. The molecule has 0 spiro atoms.